The molecule has 76 valence electrons. The normalized spacial score (nSPS) is 17.8. The Morgan fingerprint density at radius 1 is 1.21 bits per heavy atom. The van der Waals surface area contributed by atoms with Crippen LogP contribution in [-0.4, -0.2) is 23.8 Å². The third-order valence-corrected chi connectivity index (χ3v) is 3.36. The van der Waals surface area contributed by atoms with Crippen molar-refractivity contribution in [3.05, 3.63) is 35.4 Å². The van der Waals surface area contributed by atoms with Gasteiger partial charge in [-0.3, -0.25) is 0 Å². The summed E-state index contributed by atoms with van der Waals surface area (Å²) >= 11 is 0. The van der Waals surface area contributed by atoms with Crippen LogP contribution in [0.1, 0.15) is 11.1 Å². The molecule has 1 aliphatic rings. The molecule has 1 aromatic rings. The largest absolute Gasteiger partial charge is 0.735 e. The van der Waals surface area contributed by atoms with Gasteiger partial charge in [0.25, 0.3) is 0 Å². The summed E-state index contributed by atoms with van der Waals surface area (Å²) in [6.07, 6.45) is 0.623. The molecule has 0 aromatic heterocycles. The van der Waals surface area contributed by atoms with E-state index in [1.165, 1.54) is 0 Å². The molecule has 0 unspecified atom stereocenters. The van der Waals surface area contributed by atoms with Crippen molar-refractivity contribution in [2.45, 2.75) is 13.0 Å². The minimum Gasteiger partial charge on any atom is -0.735 e. The number of rotatable bonds is 1. The Balaban J connectivity index is 2.30. The topological polar surface area (TPSA) is 60.4 Å². The molecule has 0 radical (unpaired) electrons. The quantitative estimate of drug-likeness (QED) is 0.637. The van der Waals surface area contributed by atoms with Gasteiger partial charge in [-0.1, -0.05) is 24.3 Å². The summed E-state index contributed by atoms with van der Waals surface area (Å²) in [6, 6.07) is 7.58. The van der Waals surface area contributed by atoms with Gasteiger partial charge in [-0.25, -0.2) is 12.7 Å². The van der Waals surface area contributed by atoms with E-state index in [1.807, 2.05) is 24.3 Å². The Morgan fingerprint density at radius 3 is 2.50 bits per heavy atom. The summed E-state index contributed by atoms with van der Waals surface area (Å²) < 4.78 is 33.3. The van der Waals surface area contributed by atoms with E-state index in [4.69, 9.17) is 0 Å². The zero-order valence-corrected chi connectivity index (χ0v) is 8.33. The molecule has 0 fully saturated rings. The molecule has 4 nitrogen and oxygen atoms in total. The van der Waals surface area contributed by atoms with E-state index in [2.05, 4.69) is 0 Å². The van der Waals surface area contributed by atoms with Crippen molar-refractivity contribution < 1.29 is 13.0 Å². The van der Waals surface area contributed by atoms with Crippen LogP contribution in [0.15, 0.2) is 24.3 Å². The van der Waals surface area contributed by atoms with Gasteiger partial charge in [-0.05, 0) is 17.5 Å². The fraction of sp³-hybridized carbons (Fsp3) is 0.333. The van der Waals surface area contributed by atoms with Crippen LogP contribution < -0.4 is 0 Å². The summed E-state index contributed by atoms with van der Waals surface area (Å²) in [5.74, 6) is 0. The van der Waals surface area contributed by atoms with Crippen molar-refractivity contribution in [1.82, 2.24) is 4.31 Å². The van der Waals surface area contributed by atoms with E-state index < -0.39 is 10.3 Å². The minimum atomic E-state index is -4.29. The van der Waals surface area contributed by atoms with Gasteiger partial charge >= 0.3 is 0 Å². The van der Waals surface area contributed by atoms with Crippen molar-refractivity contribution >= 4 is 10.3 Å². The maximum absolute atomic E-state index is 10.8. The fourth-order valence-corrected chi connectivity index (χ4v) is 2.27. The van der Waals surface area contributed by atoms with E-state index in [0.29, 0.717) is 13.0 Å². The zero-order valence-electron chi connectivity index (χ0n) is 7.51. The first-order chi connectivity index (χ1) is 6.57. The Morgan fingerprint density at radius 2 is 1.86 bits per heavy atom. The van der Waals surface area contributed by atoms with Gasteiger partial charge in [0.15, 0.2) is 10.3 Å². The first-order valence-electron chi connectivity index (χ1n) is 4.35. The first kappa shape index (κ1) is 9.64. The van der Waals surface area contributed by atoms with Crippen molar-refractivity contribution in [1.29, 1.82) is 0 Å². The van der Waals surface area contributed by atoms with Crippen molar-refractivity contribution in [2.75, 3.05) is 6.54 Å². The molecule has 1 aliphatic heterocycles. The summed E-state index contributed by atoms with van der Waals surface area (Å²) in [6.45, 7) is 0.505. The second-order valence-electron chi connectivity index (χ2n) is 3.31. The van der Waals surface area contributed by atoms with Gasteiger partial charge in [0, 0.05) is 13.1 Å². The van der Waals surface area contributed by atoms with Crippen molar-refractivity contribution in [2.24, 2.45) is 0 Å². The van der Waals surface area contributed by atoms with Gasteiger partial charge in [-0.2, -0.15) is 0 Å². The van der Waals surface area contributed by atoms with Crippen LogP contribution in [-0.2, 0) is 23.3 Å². The van der Waals surface area contributed by atoms with Gasteiger partial charge in [0.05, 0.1) is 0 Å². The van der Waals surface area contributed by atoms with Crippen LogP contribution >= 0.6 is 0 Å². The number of hydrogen-bond donors (Lipinski definition) is 0. The summed E-state index contributed by atoms with van der Waals surface area (Å²) in [5, 5.41) is 0. The molecular formula is C9H10NO3S-. The van der Waals surface area contributed by atoms with Gasteiger partial charge in [0.1, 0.15) is 0 Å². The van der Waals surface area contributed by atoms with Crippen molar-refractivity contribution in [3.63, 3.8) is 0 Å². The highest BCUT2D eigenvalue weighted by Crippen LogP contribution is 2.19. The highest BCUT2D eigenvalue weighted by Gasteiger charge is 2.19. The Kier molecular flexibility index (Phi) is 2.30. The molecule has 14 heavy (non-hydrogen) atoms. The average molecular weight is 212 g/mol. The molecule has 0 N–H and O–H groups in total. The van der Waals surface area contributed by atoms with Crippen LogP contribution in [0.2, 0.25) is 0 Å². The Hall–Kier alpha value is -0.910. The van der Waals surface area contributed by atoms with Crippen LogP contribution in [0.4, 0.5) is 0 Å². The standard InChI is InChI=1S/C9H11NO3S/c11-14(12,13)10-6-5-8-3-1-2-4-9(8)7-10/h1-4H,5-7H2,(H,11,12,13)/p-1. The van der Waals surface area contributed by atoms with E-state index in [1.54, 1.807) is 0 Å². The van der Waals surface area contributed by atoms with Gasteiger partial charge in [-0.15, -0.1) is 0 Å². The zero-order chi connectivity index (χ0) is 10.2. The molecule has 0 saturated heterocycles. The minimum absolute atomic E-state index is 0.210. The van der Waals surface area contributed by atoms with E-state index >= 15 is 0 Å². The van der Waals surface area contributed by atoms with Gasteiger partial charge < -0.3 is 4.55 Å². The monoisotopic (exact) mass is 212 g/mol. The highest BCUT2D eigenvalue weighted by atomic mass is 32.2. The lowest BCUT2D eigenvalue weighted by atomic mass is 10.0. The lowest BCUT2D eigenvalue weighted by Gasteiger charge is -2.30. The Labute approximate surface area is 83.0 Å². The molecule has 0 amide bonds. The predicted molar refractivity (Wildman–Crippen MR) is 50.3 cm³/mol. The van der Waals surface area contributed by atoms with Crippen LogP contribution in [0, 0.1) is 0 Å². The SMILES string of the molecule is O=S(=O)([O-])N1CCc2ccccc2C1. The number of fused-ring (bicyclic) bond motifs is 1. The molecule has 0 atom stereocenters. The van der Waals surface area contributed by atoms with E-state index in [0.717, 1.165) is 15.4 Å². The number of benzene rings is 1. The molecule has 0 bridgehead atoms. The second-order valence-corrected chi connectivity index (χ2v) is 4.68. The molecule has 0 spiro atoms. The Bertz CT molecular complexity index is 441. The number of hydrogen-bond acceptors (Lipinski definition) is 3. The third-order valence-electron chi connectivity index (χ3n) is 2.41. The van der Waals surface area contributed by atoms with Crippen LogP contribution in [0.25, 0.3) is 0 Å². The van der Waals surface area contributed by atoms with Crippen molar-refractivity contribution in [3.8, 4) is 0 Å². The molecule has 5 heteroatoms. The second kappa shape index (κ2) is 3.34. The maximum Gasteiger partial charge on any atom is 0.162 e. The summed E-state index contributed by atoms with van der Waals surface area (Å²) in [7, 11) is -4.29. The number of nitrogens with zero attached hydrogens (tertiary/aromatic N) is 1. The predicted octanol–water partition coefficient (Wildman–Crippen LogP) is 0.505. The first-order valence-corrected chi connectivity index (χ1v) is 5.71. The van der Waals surface area contributed by atoms with Crippen LogP contribution in [0.3, 0.4) is 0 Å². The van der Waals surface area contributed by atoms with E-state index in [-0.39, 0.29) is 6.54 Å². The lowest BCUT2D eigenvalue weighted by Crippen LogP contribution is -2.35. The highest BCUT2D eigenvalue weighted by molar-refractivity contribution is 7.83. The molecule has 2 rings (SSSR count). The van der Waals surface area contributed by atoms with Gasteiger partial charge in [0.2, 0.25) is 0 Å². The molecular weight excluding hydrogens is 202 g/mol. The summed E-state index contributed by atoms with van der Waals surface area (Å²) in [4.78, 5) is 0. The molecule has 1 aromatic carbocycles. The molecule has 0 aliphatic carbocycles. The third kappa shape index (κ3) is 1.79. The molecule has 0 saturated carbocycles. The van der Waals surface area contributed by atoms with Crippen LogP contribution in [0.5, 0.6) is 0 Å². The average Bonchev–Trinajstić information content (AvgIpc) is 2.16. The lowest BCUT2D eigenvalue weighted by molar-refractivity contribution is 0.328. The maximum atomic E-state index is 10.8. The van der Waals surface area contributed by atoms with E-state index in [9.17, 15) is 13.0 Å². The summed E-state index contributed by atoms with van der Waals surface area (Å²) in [5.41, 5.74) is 2.06. The fourth-order valence-electron chi connectivity index (χ4n) is 1.66. The smallest absolute Gasteiger partial charge is 0.162 e. The molecule has 1 heterocycles.